The number of amides is 1. The molecule has 1 atom stereocenters. The third-order valence-corrected chi connectivity index (χ3v) is 17.6. The van der Waals surface area contributed by atoms with Crippen molar-refractivity contribution in [2.45, 2.75) is 18.5 Å². The molecule has 0 aromatic heterocycles. The SMILES string of the molecule is O=C1C(P(Br)(c2ccccc2)(c2ccccc2)c2ccccc2)CCCN1c1ccccc1. The van der Waals surface area contributed by atoms with Crippen molar-refractivity contribution in [2.75, 3.05) is 11.4 Å². The molecule has 1 aliphatic heterocycles. The summed E-state index contributed by atoms with van der Waals surface area (Å²) >= 11 is 4.50. The zero-order chi connectivity index (χ0) is 22.8. The van der Waals surface area contributed by atoms with Crippen LogP contribution in [0.1, 0.15) is 12.8 Å². The molecule has 0 N–H and O–H groups in total. The van der Waals surface area contributed by atoms with Gasteiger partial charge >= 0.3 is 204 Å². The van der Waals surface area contributed by atoms with E-state index in [2.05, 4.69) is 88.3 Å². The minimum atomic E-state index is -3.37. The van der Waals surface area contributed by atoms with Gasteiger partial charge < -0.3 is 0 Å². The molecule has 166 valence electrons. The molecule has 1 aliphatic rings. The average Bonchev–Trinajstić information content (AvgIpc) is 2.90. The molecule has 1 heterocycles. The van der Waals surface area contributed by atoms with Crippen molar-refractivity contribution in [3.8, 4) is 0 Å². The Morgan fingerprint density at radius 3 is 1.45 bits per heavy atom. The van der Waals surface area contributed by atoms with Gasteiger partial charge in [-0.25, -0.2) is 0 Å². The molecule has 1 unspecified atom stereocenters. The average molecular weight is 516 g/mol. The Morgan fingerprint density at radius 2 is 1.03 bits per heavy atom. The number of rotatable bonds is 5. The molecule has 4 aromatic rings. The number of piperidine rings is 1. The maximum absolute atomic E-state index is 14.4. The second-order valence-electron chi connectivity index (χ2n) is 8.56. The van der Waals surface area contributed by atoms with Gasteiger partial charge in [0.25, 0.3) is 0 Å². The van der Waals surface area contributed by atoms with E-state index < -0.39 is 5.31 Å². The van der Waals surface area contributed by atoms with Crippen LogP contribution in [0.5, 0.6) is 0 Å². The van der Waals surface area contributed by atoms with Crippen LogP contribution < -0.4 is 20.8 Å². The zero-order valence-electron chi connectivity index (χ0n) is 18.4. The molecule has 0 spiro atoms. The van der Waals surface area contributed by atoms with Gasteiger partial charge in [0.05, 0.1) is 0 Å². The van der Waals surface area contributed by atoms with Crippen LogP contribution >= 0.6 is 20.8 Å². The van der Waals surface area contributed by atoms with Crippen LogP contribution in [0.4, 0.5) is 5.69 Å². The van der Waals surface area contributed by atoms with Crippen molar-refractivity contribution in [3.63, 3.8) is 0 Å². The molecule has 4 heteroatoms. The molecule has 0 saturated carbocycles. The van der Waals surface area contributed by atoms with Gasteiger partial charge in [-0.05, 0) is 0 Å². The second-order valence-corrected chi connectivity index (χ2v) is 17.3. The van der Waals surface area contributed by atoms with E-state index in [0.717, 1.165) is 25.1 Å². The summed E-state index contributed by atoms with van der Waals surface area (Å²) < 4.78 is 0. The van der Waals surface area contributed by atoms with Crippen LogP contribution in [0, 0.1) is 0 Å². The molecule has 5 rings (SSSR count). The number of anilines is 1. The Hall–Kier alpha value is -2.74. The molecule has 2 nitrogen and oxygen atoms in total. The number of benzene rings is 4. The number of hydrogen-bond donors (Lipinski definition) is 0. The number of nitrogens with zero attached hydrogens (tertiary/aromatic N) is 1. The first-order chi connectivity index (χ1) is 16.1. The summed E-state index contributed by atoms with van der Waals surface area (Å²) in [5, 5.41) is 0.201. The van der Waals surface area contributed by atoms with E-state index in [1.165, 1.54) is 15.9 Å². The molecule has 0 radical (unpaired) electrons. The molecule has 33 heavy (non-hydrogen) atoms. The number of hydrogen-bond acceptors (Lipinski definition) is 1. The number of para-hydroxylation sites is 1. The summed E-state index contributed by atoms with van der Waals surface area (Å²) in [6, 6.07) is 41.9. The molecule has 1 saturated heterocycles. The number of halogens is 1. The fraction of sp³-hybridized carbons (Fsp3) is 0.138. The van der Waals surface area contributed by atoms with E-state index in [4.69, 9.17) is 0 Å². The van der Waals surface area contributed by atoms with Crippen LogP contribution in [-0.2, 0) is 4.79 Å². The molecule has 1 fully saturated rings. The van der Waals surface area contributed by atoms with Gasteiger partial charge in [0.15, 0.2) is 0 Å². The third-order valence-electron chi connectivity index (χ3n) is 6.85. The van der Waals surface area contributed by atoms with Crippen LogP contribution in [-0.4, -0.2) is 18.1 Å². The van der Waals surface area contributed by atoms with Crippen LogP contribution in [0.2, 0.25) is 0 Å². The van der Waals surface area contributed by atoms with E-state index >= 15 is 0 Å². The van der Waals surface area contributed by atoms with Crippen LogP contribution in [0.3, 0.4) is 0 Å². The molecule has 0 aliphatic carbocycles. The van der Waals surface area contributed by atoms with E-state index in [1.54, 1.807) is 0 Å². The summed E-state index contributed by atoms with van der Waals surface area (Å²) in [5.41, 5.74) is 0.760. The Labute approximate surface area is 203 Å². The molecule has 4 aromatic carbocycles. The van der Waals surface area contributed by atoms with Gasteiger partial charge in [-0.15, -0.1) is 0 Å². The molecular formula is C29H27BrNOP. The van der Waals surface area contributed by atoms with E-state index in [1.807, 2.05) is 53.4 Å². The van der Waals surface area contributed by atoms with Gasteiger partial charge in [-0.2, -0.15) is 0 Å². The monoisotopic (exact) mass is 515 g/mol. The normalized spacial score (nSPS) is 17.8. The third kappa shape index (κ3) is 3.46. The fourth-order valence-electron chi connectivity index (χ4n) is 5.32. The van der Waals surface area contributed by atoms with Crippen molar-refractivity contribution in [1.29, 1.82) is 0 Å². The fourth-order valence-corrected chi connectivity index (χ4v) is 14.0. The maximum atomic E-state index is 14.4. The first-order valence-electron chi connectivity index (χ1n) is 11.4. The predicted octanol–water partition coefficient (Wildman–Crippen LogP) is 6.02. The molecule has 0 bridgehead atoms. The standard InChI is InChI=1S/C29H27BrNOP/c30-33(25-16-7-2-8-17-25,26-18-9-3-10-19-26,27-20-11-4-12-21-27)28-22-13-23-31(29(28)32)24-14-5-1-6-15-24/h1-12,14-21,28H,13,22-23H2. The Kier molecular flexibility index (Phi) is 5.95. The Bertz CT molecular complexity index is 1130. The van der Waals surface area contributed by atoms with Gasteiger partial charge in [-0.3, -0.25) is 0 Å². The van der Waals surface area contributed by atoms with Crippen molar-refractivity contribution < 1.29 is 4.79 Å². The van der Waals surface area contributed by atoms with Gasteiger partial charge in [0.1, 0.15) is 0 Å². The summed E-state index contributed by atoms with van der Waals surface area (Å²) in [5.74, 6) is 0.193. The summed E-state index contributed by atoms with van der Waals surface area (Å²) in [6.07, 6.45) is 1.80. The van der Waals surface area contributed by atoms with Crippen LogP contribution in [0.25, 0.3) is 0 Å². The predicted molar refractivity (Wildman–Crippen MR) is 146 cm³/mol. The van der Waals surface area contributed by atoms with Crippen LogP contribution in [0.15, 0.2) is 121 Å². The zero-order valence-corrected chi connectivity index (χ0v) is 20.9. The van der Waals surface area contributed by atoms with E-state index in [9.17, 15) is 4.79 Å². The Morgan fingerprint density at radius 1 is 0.636 bits per heavy atom. The number of carbonyl (C=O) groups excluding carboxylic acids is 1. The van der Waals surface area contributed by atoms with Gasteiger partial charge in [-0.1, -0.05) is 0 Å². The quantitative estimate of drug-likeness (QED) is 0.297. The van der Waals surface area contributed by atoms with Crippen molar-refractivity contribution in [2.24, 2.45) is 0 Å². The second kappa shape index (κ2) is 8.89. The topological polar surface area (TPSA) is 20.3 Å². The van der Waals surface area contributed by atoms with Gasteiger partial charge in [0.2, 0.25) is 0 Å². The van der Waals surface area contributed by atoms with E-state index in [0.29, 0.717) is 0 Å². The Balaban J connectivity index is 1.82. The molecule has 1 amide bonds. The first-order valence-corrected chi connectivity index (χ1v) is 15.7. The summed E-state index contributed by atoms with van der Waals surface area (Å²) in [6.45, 7) is 0.747. The number of carbonyl (C=O) groups is 1. The summed E-state index contributed by atoms with van der Waals surface area (Å²) in [7, 11) is 0. The van der Waals surface area contributed by atoms with E-state index in [-0.39, 0.29) is 11.6 Å². The van der Waals surface area contributed by atoms with Gasteiger partial charge in [0, 0.05) is 0 Å². The minimum absolute atomic E-state index is 0.193. The van der Waals surface area contributed by atoms with Crippen molar-refractivity contribution >= 4 is 48.3 Å². The van der Waals surface area contributed by atoms with Crippen molar-refractivity contribution in [3.05, 3.63) is 121 Å². The first kappa shape index (κ1) is 22.1. The summed E-state index contributed by atoms with van der Waals surface area (Å²) in [4.78, 5) is 16.4. The van der Waals surface area contributed by atoms with Crippen molar-refractivity contribution in [1.82, 2.24) is 0 Å². The molecular weight excluding hydrogens is 489 g/mol.